The molecule has 1 heterocycles. The van der Waals surface area contributed by atoms with Crippen molar-refractivity contribution in [2.45, 2.75) is 12.7 Å². The Labute approximate surface area is 140 Å². The van der Waals surface area contributed by atoms with Crippen LogP contribution in [0.1, 0.15) is 11.1 Å². The molecular formula is C18H12F3NO3. The van der Waals surface area contributed by atoms with Crippen LogP contribution in [0, 0.1) is 0 Å². The largest absolute Gasteiger partial charge is 0.478 e. The second kappa shape index (κ2) is 6.08. The molecule has 0 fully saturated rings. The van der Waals surface area contributed by atoms with Crippen LogP contribution < -0.4 is 4.90 Å². The molecule has 0 unspecified atom stereocenters. The Bertz CT molecular complexity index is 873. The van der Waals surface area contributed by atoms with Crippen molar-refractivity contribution < 1.29 is 27.9 Å². The Kier molecular flexibility index (Phi) is 4.08. The molecule has 0 bridgehead atoms. The predicted octanol–water partition coefficient (Wildman–Crippen LogP) is 3.63. The zero-order valence-corrected chi connectivity index (χ0v) is 12.7. The van der Waals surface area contributed by atoms with Crippen molar-refractivity contribution in [1.29, 1.82) is 0 Å². The van der Waals surface area contributed by atoms with Gasteiger partial charge in [0.15, 0.2) is 5.57 Å². The van der Waals surface area contributed by atoms with Crippen molar-refractivity contribution >= 4 is 23.1 Å². The van der Waals surface area contributed by atoms with E-state index in [0.29, 0.717) is 0 Å². The molecule has 0 aliphatic carbocycles. The second-order valence-corrected chi connectivity index (χ2v) is 5.45. The molecule has 3 rings (SSSR count). The molecule has 0 spiro atoms. The summed E-state index contributed by atoms with van der Waals surface area (Å²) in [6.45, 7) is 0.0466. The summed E-state index contributed by atoms with van der Waals surface area (Å²) in [6.07, 6.45) is -5.15. The zero-order valence-electron chi connectivity index (χ0n) is 12.7. The first-order valence-electron chi connectivity index (χ1n) is 7.30. The number of para-hydroxylation sites is 1. The normalized spacial score (nSPS) is 16.0. The molecule has 4 nitrogen and oxygen atoms in total. The van der Waals surface area contributed by atoms with Gasteiger partial charge in [0.2, 0.25) is 0 Å². The van der Waals surface area contributed by atoms with Gasteiger partial charge >= 0.3 is 12.1 Å². The number of halogens is 3. The summed E-state index contributed by atoms with van der Waals surface area (Å²) in [6, 6.07) is 14.6. The smallest absolute Gasteiger partial charge is 0.424 e. The fraction of sp³-hybridized carbons (Fsp3) is 0.111. The van der Waals surface area contributed by atoms with Gasteiger partial charge in [-0.05, 0) is 11.6 Å². The Morgan fingerprint density at radius 1 is 1.00 bits per heavy atom. The SMILES string of the molecule is O=C(O)C(=C1C(=O)N(Cc2ccccc2)c2ccccc21)C(F)(F)F. The maximum Gasteiger partial charge on any atom is 0.424 e. The van der Waals surface area contributed by atoms with Crippen molar-refractivity contribution in [3.8, 4) is 0 Å². The summed E-state index contributed by atoms with van der Waals surface area (Å²) in [5, 5.41) is 9.04. The van der Waals surface area contributed by atoms with Crippen LogP contribution in [0.3, 0.4) is 0 Å². The van der Waals surface area contributed by atoms with Crippen LogP contribution in [0.15, 0.2) is 60.2 Å². The fourth-order valence-electron chi connectivity index (χ4n) is 2.81. The van der Waals surface area contributed by atoms with Gasteiger partial charge in [0.1, 0.15) is 0 Å². The number of carboxylic acids is 1. The third-order valence-electron chi connectivity index (χ3n) is 3.85. The molecule has 1 aliphatic rings. The molecule has 0 aromatic heterocycles. The summed E-state index contributed by atoms with van der Waals surface area (Å²) in [7, 11) is 0. The van der Waals surface area contributed by atoms with Crippen molar-refractivity contribution in [3.63, 3.8) is 0 Å². The number of anilines is 1. The van der Waals surface area contributed by atoms with E-state index in [4.69, 9.17) is 5.11 Å². The Morgan fingerprint density at radius 3 is 2.20 bits per heavy atom. The average molecular weight is 347 g/mol. The monoisotopic (exact) mass is 347 g/mol. The maximum atomic E-state index is 13.2. The summed E-state index contributed by atoms with van der Waals surface area (Å²) >= 11 is 0. The van der Waals surface area contributed by atoms with E-state index in [1.807, 2.05) is 0 Å². The van der Waals surface area contributed by atoms with Gasteiger partial charge in [-0.15, -0.1) is 0 Å². The Hall–Kier alpha value is -3.09. The standard InChI is InChI=1S/C18H12F3NO3/c19-18(20,21)15(17(24)25)14-12-8-4-5-9-13(12)22(16(14)23)10-11-6-2-1-3-7-11/h1-9H,10H2,(H,24,25). The number of amides is 1. The van der Waals surface area contributed by atoms with Gasteiger partial charge in [-0.25, -0.2) is 4.79 Å². The number of alkyl halides is 3. The lowest BCUT2D eigenvalue weighted by Crippen LogP contribution is -2.29. The van der Waals surface area contributed by atoms with E-state index in [-0.39, 0.29) is 17.8 Å². The first-order valence-corrected chi connectivity index (χ1v) is 7.30. The number of aliphatic carboxylic acids is 1. The number of hydrogen-bond donors (Lipinski definition) is 1. The molecule has 1 amide bonds. The number of nitrogens with zero attached hydrogens (tertiary/aromatic N) is 1. The van der Waals surface area contributed by atoms with E-state index in [9.17, 15) is 22.8 Å². The molecule has 0 saturated heterocycles. The van der Waals surface area contributed by atoms with Gasteiger partial charge in [0.25, 0.3) is 5.91 Å². The topological polar surface area (TPSA) is 57.6 Å². The average Bonchev–Trinajstić information content (AvgIpc) is 2.81. The summed E-state index contributed by atoms with van der Waals surface area (Å²) in [5.41, 5.74) is -1.73. The number of rotatable bonds is 3. The molecule has 0 atom stereocenters. The highest BCUT2D eigenvalue weighted by Gasteiger charge is 2.47. The highest BCUT2D eigenvalue weighted by atomic mass is 19.4. The van der Waals surface area contributed by atoms with E-state index in [2.05, 4.69) is 0 Å². The molecule has 7 heteroatoms. The Morgan fingerprint density at radius 2 is 1.60 bits per heavy atom. The van der Waals surface area contributed by atoms with E-state index in [1.54, 1.807) is 36.4 Å². The number of benzene rings is 2. The van der Waals surface area contributed by atoms with Gasteiger partial charge in [-0.3, -0.25) is 4.79 Å². The lowest BCUT2D eigenvalue weighted by atomic mass is 10.0. The molecule has 0 saturated carbocycles. The van der Waals surface area contributed by atoms with Gasteiger partial charge in [-0.1, -0.05) is 48.5 Å². The molecule has 2 aromatic rings. The quantitative estimate of drug-likeness (QED) is 0.863. The van der Waals surface area contributed by atoms with Crippen LogP contribution in [0.25, 0.3) is 5.57 Å². The van der Waals surface area contributed by atoms with E-state index in [1.165, 1.54) is 18.2 Å². The number of fused-ring (bicyclic) bond motifs is 1. The highest BCUT2D eigenvalue weighted by molar-refractivity contribution is 6.36. The molecular weight excluding hydrogens is 335 g/mol. The van der Waals surface area contributed by atoms with E-state index < -0.39 is 29.2 Å². The lowest BCUT2D eigenvalue weighted by molar-refractivity contribution is -0.145. The minimum absolute atomic E-state index is 0.0295. The minimum Gasteiger partial charge on any atom is -0.478 e. The highest BCUT2D eigenvalue weighted by Crippen LogP contribution is 2.43. The van der Waals surface area contributed by atoms with E-state index >= 15 is 0 Å². The lowest BCUT2D eigenvalue weighted by Gasteiger charge is -2.17. The van der Waals surface area contributed by atoms with Crippen LogP contribution in [0.4, 0.5) is 18.9 Å². The van der Waals surface area contributed by atoms with Crippen LogP contribution in [0.2, 0.25) is 0 Å². The molecule has 25 heavy (non-hydrogen) atoms. The predicted molar refractivity (Wildman–Crippen MR) is 84.7 cm³/mol. The van der Waals surface area contributed by atoms with Gasteiger partial charge in [-0.2, -0.15) is 13.2 Å². The molecule has 0 radical (unpaired) electrons. The fourth-order valence-corrected chi connectivity index (χ4v) is 2.81. The van der Waals surface area contributed by atoms with Crippen molar-refractivity contribution in [1.82, 2.24) is 0 Å². The van der Waals surface area contributed by atoms with Gasteiger partial charge in [0, 0.05) is 5.56 Å². The van der Waals surface area contributed by atoms with Crippen LogP contribution in [0.5, 0.6) is 0 Å². The van der Waals surface area contributed by atoms with Crippen LogP contribution >= 0.6 is 0 Å². The zero-order chi connectivity index (χ0) is 18.2. The van der Waals surface area contributed by atoms with Gasteiger partial charge < -0.3 is 10.0 Å². The molecule has 128 valence electrons. The summed E-state index contributed by atoms with van der Waals surface area (Å²) < 4.78 is 39.7. The molecule has 1 N–H and O–H groups in total. The second-order valence-electron chi connectivity index (χ2n) is 5.45. The molecule has 1 aliphatic heterocycles. The van der Waals surface area contributed by atoms with Crippen LogP contribution in [-0.4, -0.2) is 23.2 Å². The number of carbonyl (C=O) groups is 2. The maximum absolute atomic E-state index is 13.2. The summed E-state index contributed by atoms with van der Waals surface area (Å²) in [4.78, 5) is 25.0. The number of carbonyl (C=O) groups excluding carboxylic acids is 1. The molecule has 2 aromatic carbocycles. The minimum atomic E-state index is -5.15. The van der Waals surface area contributed by atoms with E-state index in [0.717, 1.165) is 10.5 Å². The van der Waals surface area contributed by atoms with Crippen molar-refractivity contribution in [2.75, 3.05) is 4.90 Å². The van der Waals surface area contributed by atoms with Crippen molar-refractivity contribution in [3.05, 3.63) is 71.3 Å². The third-order valence-corrected chi connectivity index (χ3v) is 3.85. The summed E-state index contributed by atoms with van der Waals surface area (Å²) in [5.74, 6) is -3.15. The van der Waals surface area contributed by atoms with Crippen LogP contribution in [-0.2, 0) is 16.1 Å². The Balaban J connectivity index is 2.17. The number of hydrogen-bond acceptors (Lipinski definition) is 2. The van der Waals surface area contributed by atoms with Gasteiger partial charge in [0.05, 0.1) is 17.8 Å². The first kappa shape index (κ1) is 16.8. The van der Waals surface area contributed by atoms with Crippen molar-refractivity contribution in [2.24, 2.45) is 0 Å². The first-order chi connectivity index (χ1) is 11.8. The number of carboxylic acid groups (broad SMARTS) is 1. The third kappa shape index (κ3) is 3.00.